The highest BCUT2D eigenvalue weighted by Crippen LogP contribution is 2.19. The lowest BCUT2D eigenvalue weighted by Crippen LogP contribution is -2.49. The van der Waals surface area contributed by atoms with Crippen LogP contribution in [-0.2, 0) is 11.3 Å². The van der Waals surface area contributed by atoms with Crippen LogP contribution in [-0.4, -0.2) is 48.6 Å². The van der Waals surface area contributed by atoms with Crippen LogP contribution in [0, 0.1) is 0 Å². The van der Waals surface area contributed by atoms with Gasteiger partial charge in [0.05, 0.1) is 6.54 Å². The van der Waals surface area contributed by atoms with E-state index in [-0.39, 0.29) is 11.7 Å². The van der Waals surface area contributed by atoms with Gasteiger partial charge < -0.3 is 15.3 Å². The predicted octanol–water partition coefficient (Wildman–Crippen LogP) is 1.83. The second-order valence-corrected chi connectivity index (χ2v) is 6.04. The summed E-state index contributed by atoms with van der Waals surface area (Å²) in [6.45, 7) is 4.51. The Balaban J connectivity index is 1.41. The van der Waals surface area contributed by atoms with Crippen molar-refractivity contribution in [3.63, 3.8) is 0 Å². The van der Waals surface area contributed by atoms with Crippen molar-refractivity contribution in [2.75, 3.05) is 37.6 Å². The molecule has 2 aromatic rings. The van der Waals surface area contributed by atoms with Crippen LogP contribution in [0.25, 0.3) is 0 Å². The number of hydrogen-bond acceptors (Lipinski definition) is 4. The minimum absolute atomic E-state index is 0.0666. The predicted molar refractivity (Wildman–Crippen MR) is 95.0 cm³/mol. The molecule has 1 heterocycles. The normalized spacial score (nSPS) is 15.2. The van der Waals surface area contributed by atoms with Gasteiger partial charge in [-0.05, 0) is 29.8 Å². The van der Waals surface area contributed by atoms with Crippen LogP contribution in [0.15, 0.2) is 54.6 Å². The van der Waals surface area contributed by atoms with E-state index in [0.717, 1.165) is 37.4 Å². The number of piperazine rings is 1. The summed E-state index contributed by atoms with van der Waals surface area (Å²) in [7, 11) is 0. The summed E-state index contributed by atoms with van der Waals surface area (Å²) in [5.74, 6) is 0.351. The number of benzene rings is 2. The number of carbonyl (C=O) groups is 1. The summed E-state index contributed by atoms with van der Waals surface area (Å²) in [6.07, 6.45) is 0. The molecule has 0 unspecified atom stereocenters. The Labute approximate surface area is 142 Å². The number of phenolic OH excluding ortho intramolecular Hbond substituents is 1. The van der Waals surface area contributed by atoms with Crippen molar-refractivity contribution in [2.45, 2.75) is 6.54 Å². The van der Waals surface area contributed by atoms with Crippen LogP contribution >= 0.6 is 0 Å². The largest absolute Gasteiger partial charge is 0.508 e. The Morgan fingerprint density at radius 3 is 2.29 bits per heavy atom. The fraction of sp³-hybridized carbons (Fsp3) is 0.316. The topological polar surface area (TPSA) is 55.8 Å². The number of phenols is 1. The molecule has 24 heavy (non-hydrogen) atoms. The second kappa shape index (κ2) is 7.84. The molecule has 0 spiro atoms. The first-order valence-electron chi connectivity index (χ1n) is 8.28. The fourth-order valence-electron chi connectivity index (χ4n) is 2.88. The van der Waals surface area contributed by atoms with Crippen molar-refractivity contribution in [2.24, 2.45) is 0 Å². The Hall–Kier alpha value is -2.53. The molecule has 1 fully saturated rings. The number of aromatic hydroxyl groups is 1. The van der Waals surface area contributed by atoms with Crippen molar-refractivity contribution in [1.29, 1.82) is 0 Å². The average molecular weight is 325 g/mol. The van der Waals surface area contributed by atoms with Gasteiger partial charge in [0.25, 0.3) is 0 Å². The first-order chi connectivity index (χ1) is 11.7. The molecule has 0 aliphatic carbocycles. The third kappa shape index (κ3) is 4.49. The summed E-state index contributed by atoms with van der Waals surface area (Å²) < 4.78 is 0. The van der Waals surface area contributed by atoms with E-state index in [1.165, 1.54) is 0 Å². The highest BCUT2D eigenvalue weighted by Gasteiger charge is 2.19. The Bertz CT molecular complexity index is 650. The van der Waals surface area contributed by atoms with Crippen LogP contribution in [0.2, 0.25) is 0 Å². The number of nitrogens with one attached hydrogen (secondary N) is 1. The first-order valence-corrected chi connectivity index (χ1v) is 8.28. The molecule has 2 aromatic carbocycles. The molecule has 126 valence electrons. The van der Waals surface area contributed by atoms with E-state index in [9.17, 15) is 9.90 Å². The first kappa shape index (κ1) is 16.3. The summed E-state index contributed by atoms with van der Waals surface area (Å²) in [6, 6.07) is 17.2. The molecule has 2 N–H and O–H groups in total. The molecule has 0 bridgehead atoms. The van der Waals surface area contributed by atoms with Gasteiger partial charge in [-0.15, -0.1) is 0 Å². The molecule has 0 saturated carbocycles. The lowest BCUT2D eigenvalue weighted by molar-refractivity contribution is -0.122. The number of nitrogens with zero attached hydrogens (tertiary/aromatic N) is 2. The van der Waals surface area contributed by atoms with Gasteiger partial charge in [0.15, 0.2) is 0 Å². The highest BCUT2D eigenvalue weighted by atomic mass is 16.3. The minimum atomic E-state index is 0.0666. The molecule has 1 aliphatic rings. The van der Waals surface area contributed by atoms with Crippen molar-refractivity contribution < 1.29 is 9.90 Å². The van der Waals surface area contributed by atoms with Gasteiger partial charge >= 0.3 is 0 Å². The van der Waals surface area contributed by atoms with Crippen molar-refractivity contribution >= 4 is 11.6 Å². The molecule has 1 saturated heterocycles. The fourth-order valence-corrected chi connectivity index (χ4v) is 2.88. The minimum Gasteiger partial charge on any atom is -0.508 e. The van der Waals surface area contributed by atoms with Crippen LogP contribution in [0.4, 0.5) is 5.69 Å². The maximum Gasteiger partial charge on any atom is 0.234 e. The van der Waals surface area contributed by atoms with Crippen LogP contribution < -0.4 is 10.2 Å². The van der Waals surface area contributed by atoms with Crippen LogP contribution in [0.3, 0.4) is 0 Å². The van der Waals surface area contributed by atoms with E-state index in [0.29, 0.717) is 13.1 Å². The average Bonchev–Trinajstić information content (AvgIpc) is 2.62. The van der Waals surface area contributed by atoms with E-state index >= 15 is 0 Å². The number of rotatable bonds is 5. The molecule has 0 radical (unpaired) electrons. The van der Waals surface area contributed by atoms with E-state index in [4.69, 9.17) is 0 Å². The summed E-state index contributed by atoms with van der Waals surface area (Å²) in [5, 5.41) is 12.3. The SMILES string of the molecule is O=C(CN1CCN(c2ccc(O)cc2)CC1)NCc1ccccc1. The van der Waals surface area contributed by atoms with Crippen molar-refractivity contribution in [3.05, 3.63) is 60.2 Å². The second-order valence-electron chi connectivity index (χ2n) is 6.04. The number of hydrogen-bond donors (Lipinski definition) is 2. The summed E-state index contributed by atoms with van der Waals surface area (Å²) in [5.41, 5.74) is 2.23. The Kier molecular flexibility index (Phi) is 5.33. The lowest BCUT2D eigenvalue weighted by atomic mass is 10.2. The zero-order chi connectivity index (χ0) is 16.8. The van der Waals surface area contributed by atoms with Crippen LogP contribution in [0.1, 0.15) is 5.56 Å². The third-order valence-electron chi connectivity index (χ3n) is 4.29. The molecule has 5 heteroatoms. The van der Waals surface area contributed by atoms with Crippen molar-refractivity contribution in [1.82, 2.24) is 10.2 Å². The zero-order valence-corrected chi connectivity index (χ0v) is 13.7. The molecule has 0 aromatic heterocycles. The summed E-state index contributed by atoms with van der Waals surface area (Å²) in [4.78, 5) is 16.5. The van der Waals surface area contributed by atoms with Gasteiger partial charge in [-0.3, -0.25) is 9.69 Å². The smallest absolute Gasteiger partial charge is 0.234 e. The molecular weight excluding hydrogens is 302 g/mol. The molecular formula is C19H23N3O2. The van der Waals surface area contributed by atoms with Crippen molar-refractivity contribution in [3.8, 4) is 5.75 Å². The monoisotopic (exact) mass is 325 g/mol. The zero-order valence-electron chi connectivity index (χ0n) is 13.7. The quantitative estimate of drug-likeness (QED) is 0.881. The van der Waals surface area contributed by atoms with Gasteiger partial charge in [0, 0.05) is 38.4 Å². The van der Waals surface area contributed by atoms with Gasteiger partial charge in [-0.2, -0.15) is 0 Å². The maximum atomic E-state index is 12.1. The maximum absolute atomic E-state index is 12.1. The van der Waals surface area contributed by atoms with E-state index in [1.54, 1.807) is 12.1 Å². The highest BCUT2D eigenvalue weighted by molar-refractivity contribution is 5.78. The van der Waals surface area contributed by atoms with Gasteiger partial charge in [0.1, 0.15) is 5.75 Å². The van der Waals surface area contributed by atoms with Gasteiger partial charge in [-0.25, -0.2) is 0 Å². The van der Waals surface area contributed by atoms with E-state index in [2.05, 4.69) is 15.1 Å². The van der Waals surface area contributed by atoms with Gasteiger partial charge in [-0.1, -0.05) is 30.3 Å². The van der Waals surface area contributed by atoms with Gasteiger partial charge in [0.2, 0.25) is 5.91 Å². The lowest BCUT2D eigenvalue weighted by Gasteiger charge is -2.35. The van der Waals surface area contributed by atoms with E-state index in [1.807, 2.05) is 42.5 Å². The van der Waals surface area contributed by atoms with Crippen LogP contribution in [0.5, 0.6) is 5.75 Å². The number of carbonyl (C=O) groups excluding carboxylic acids is 1. The molecule has 5 nitrogen and oxygen atoms in total. The number of anilines is 1. The summed E-state index contributed by atoms with van der Waals surface area (Å²) >= 11 is 0. The Morgan fingerprint density at radius 1 is 0.958 bits per heavy atom. The Morgan fingerprint density at radius 2 is 1.62 bits per heavy atom. The molecule has 3 rings (SSSR count). The molecule has 1 amide bonds. The molecule has 0 atom stereocenters. The third-order valence-corrected chi connectivity index (χ3v) is 4.29. The number of amides is 1. The standard InChI is InChI=1S/C19H23N3O2/c23-18-8-6-17(7-9-18)22-12-10-21(11-13-22)15-19(24)20-14-16-4-2-1-3-5-16/h1-9,23H,10-15H2,(H,20,24). The molecule has 1 aliphatic heterocycles. The van der Waals surface area contributed by atoms with E-state index < -0.39 is 0 Å².